The Hall–Kier alpha value is 0.0969. The summed E-state index contributed by atoms with van der Waals surface area (Å²) in [5.74, 6) is 0. The van der Waals surface area contributed by atoms with Crippen LogP contribution in [-0.4, -0.2) is 30.1 Å². The number of hydrogen-bond acceptors (Lipinski definition) is 3. The van der Waals surface area contributed by atoms with Crippen LogP contribution in [0.15, 0.2) is 0 Å². The quantitative estimate of drug-likeness (QED) is 0.603. The lowest BCUT2D eigenvalue weighted by atomic mass is 10.3. The summed E-state index contributed by atoms with van der Waals surface area (Å²) < 4.78 is 16.0. The van der Waals surface area contributed by atoms with E-state index in [9.17, 15) is 0 Å². The van der Waals surface area contributed by atoms with Gasteiger partial charge in [0, 0.05) is 26.9 Å². The van der Waals surface area contributed by atoms with E-state index in [-0.39, 0.29) is 0 Å². The minimum absolute atomic E-state index is 0.377. The summed E-state index contributed by atoms with van der Waals surface area (Å²) in [6, 6.07) is 0. The van der Waals surface area contributed by atoms with Crippen LogP contribution in [-0.2, 0) is 13.3 Å². The molecule has 0 aliphatic rings. The molecule has 0 spiro atoms. The molecule has 0 aromatic rings. The zero-order chi connectivity index (χ0) is 9.61. The van der Waals surface area contributed by atoms with Gasteiger partial charge in [-0.25, -0.2) is 0 Å². The largest absolute Gasteiger partial charge is 0.503 e. The van der Waals surface area contributed by atoms with E-state index in [1.807, 2.05) is 0 Å². The van der Waals surface area contributed by atoms with Crippen LogP contribution in [0.25, 0.3) is 0 Å². The van der Waals surface area contributed by atoms with Crippen molar-refractivity contribution in [1.82, 2.24) is 0 Å². The highest BCUT2D eigenvalue weighted by Crippen LogP contribution is 2.27. The second-order valence-corrected chi connectivity index (χ2v) is 6.32. The first kappa shape index (κ1) is 12.1. The van der Waals surface area contributed by atoms with E-state index in [0.29, 0.717) is 5.54 Å². The third kappa shape index (κ3) is 2.55. The molecule has 12 heavy (non-hydrogen) atoms. The molecule has 0 bridgehead atoms. The Balaban J connectivity index is 4.24. The fourth-order valence-corrected chi connectivity index (χ4v) is 3.81. The Labute approximate surface area is 76.4 Å². The molecule has 0 saturated carbocycles. The Morgan fingerprint density at radius 3 is 1.75 bits per heavy atom. The minimum Gasteiger partial charge on any atom is -0.377 e. The molecule has 74 valence electrons. The van der Waals surface area contributed by atoms with Gasteiger partial charge in [0.05, 0.1) is 0 Å². The van der Waals surface area contributed by atoms with Crippen LogP contribution in [0.2, 0.25) is 5.54 Å². The molecule has 0 aliphatic carbocycles. The summed E-state index contributed by atoms with van der Waals surface area (Å²) in [7, 11) is 2.63. The van der Waals surface area contributed by atoms with Crippen molar-refractivity contribution in [1.29, 1.82) is 0 Å². The van der Waals surface area contributed by atoms with Crippen LogP contribution < -0.4 is 0 Å². The van der Waals surface area contributed by atoms with Gasteiger partial charge in [-0.2, -0.15) is 0 Å². The van der Waals surface area contributed by atoms with Crippen molar-refractivity contribution in [3.63, 3.8) is 0 Å². The normalized spacial score (nSPS) is 14.8. The first-order valence-corrected chi connectivity index (χ1v) is 6.12. The van der Waals surface area contributed by atoms with E-state index < -0.39 is 8.80 Å². The predicted molar refractivity (Wildman–Crippen MR) is 51.1 cm³/mol. The standard InChI is InChI=1S/C8H20O3Si/c1-6-7-8(2)12(9-3,10-4)11-5/h8H,6-7H2,1-5H3. The van der Waals surface area contributed by atoms with E-state index in [0.717, 1.165) is 12.8 Å². The first-order valence-electron chi connectivity index (χ1n) is 4.32. The molecule has 3 nitrogen and oxygen atoms in total. The highest BCUT2D eigenvalue weighted by atomic mass is 28.4. The van der Waals surface area contributed by atoms with Crippen molar-refractivity contribution in [2.75, 3.05) is 21.3 Å². The van der Waals surface area contributed by atoms with Gasteiger partial charge in [0.25, 0.3) is 0 Å². The molecule has 4 heteroatoms. The monoisotopic (exact) mass is 192 g/mol. The third-order valence-corrected chi connectivity index (χ3v) is 5.38. The van der Waals surface area contributed by atoms with Gasteiger partial charge in [0.15, 0.2) is 0 Å². The molecule has 0 heterocycles. The molecule has 0 amide bonds. The average molecular weight is 192 g/mol. The highest BCUT2D eigenvalue weighted by Gasteiger charge is 2.43. The van der Waals surface area contributed by atoms with E-state index in [2.05, 4.69) is 13.8 Å². The summed E-state index contributed by atoms with van der Waals surface area (Å²) in [5.41, 5.74) is 0.377. The average Bonchev–Trinajstić information content (AvgIpc) is 2.09. The first-order chi connectivity index (χ1) is 5.66. The van der Waals surface area contributed by atoms with Crippen molar-refractivity contribution in [2.45, 2.75) is 32.2 Å². The van der Waals surface area contributed by atoms with Crippen LogP contribution in [0.3, 0.4) is 0 Å². The van der Waals surface area contributed by atoms with Gasteiger partial charge in [-0.3, -0.25) is 0 Å². The van der Waals surface area contributed by atoms with Crippen molar-refractivity contribution in [3.05, 3.63) is 0 Å². The molecular formula is C8H20O3Si. The minimum atomic E-state index is -2.34. The van der Waals surface area contributed by atoms with Gasteiger partial charge in [-0.1, -0.05) is 20.3 Å². The highest BCUT2D eigenvalue weighted by molar-refractivity contribution is 6.62. The smallest absolute Gasteiger partial charge is 0.377 e. The Kier molecular flexibility index (Phi) is 5.74. The van der Waals surface area contributed by atoms with Gasteiger partial charge in [-0.05, 0) is 6.42 Å². The van der Waals surface area contributed by atoms with Gasteiger partial charge >= 0.3 is 8.80 Å². The molecule has 1 atom stereocenters. The molecule has 1 unspecified atom stereocenters. The predicted octanol–water partition coefficient (Wildman–Crippen LogP) is 2.05. The lowest BCUT2D eigenvalue weighted by Gasteiger charge is -2.29. The molecule has 0 rings (SSSR count). The summed E-state index contributed by atoms with van der Waals surface area (Å²) in [6.07, 6.45) is 2.22. The molecule has 0 fully saturated rings. The zero-order valence-corrected chi connectivity index (χ0v) is 9.72. The molecule has 0 aliphatic heterocycles. The van der Waals surface area contributed by atoms with Crippen LogP contribution in [0.4, 0.5) is 0 Å². The molecule has 0 N–H and O–H groups in total. The van der Waals surface area contributed by atoms with E-state index in [1.54, 1.807) is 21.3 Å². The van der Waals surface area contributed by atoms with Gasteiger partial charge in [0.1, 0.15) is 0 Å². The maximum Gasteiger partial charge on any atom is 0.503 e. The van der Waals surface area contributed by atoms with Crippen LogP contribution in [0.1, 0.15) is 26.7 Å². The fraction of sp³-hybridized carbons (Fsp3) is 1.00. The lowest BCUT2D eigenvalue weighted by Crippen LogP contribution is -2.46. The summed E-state index contributed by atoms with van der Waals surface area (Å²) in [6.45, 7) is 4.27. The molecule has 0 radical (unpaired) electrons. The lowest BCUT2D eigenvalue weighted by molar-refractivity contribution is 0.111. The zero-order valence-electron chi connectivity index (χ0n) is 8.72. The Bertz CT molecular complexity index is 107. The van der Waals surface area contributed by atoms with Crippen LogP contribution in [0, 0.1) is 0 Å². The maximum atomic E-state index is 5.35. The number of hydrogen-bond donors (Lipinski definition) is 0. The Morgan fingerprint density at radius 2 is 1.50 bits per heavy atom. The van der Waals surface area contributed by atoms with Crippen molar-refractivity contribution < 1.29 is 13.3 Å². The third-order valence-electron chi connectivity index (χ3n) is 2.18. The van der Waals surface area contributed by atoms with E-state index >= 15 is 0 Å². The molecule has 0 saturated heterocycles. The topological polar surface area (TPSA) is 27.7 Å². The second-order valence-electron chi connectivity index (χ2n) is 2.91. The van der Waals surface area contributed by atoms with Gasteiger partial charge < -0.3 is 13.3 Å². The Morgan fingerprint density at radius 1 is 1.08 bits per heavy atom. The van der Waals surface area contributed by atoms with Crippen molar-refractivity contribution in [3.8, 4) is 0 Å². The summed E-state index contributed by atoms with van der Waals surface area (Å²) in [5, 5.41) is 0. The second kappa shape index (κ2) is 5.69. The summed E-state index contributed by atoms with van der Waals surface area (Å²) >= 11 is 0. The maximum absolute atomic E-state index is 5.35. The van der Waals surface area contributed by atoms with Crippen LogP contribution >= 0.6 is 0 Å². The fourth-order valence-electron chi connectivity index (χ4n) is 1.46. The molecular weight excluding hydrogens is 172 g/mol. The summed E-state index contributed by atoms with van der Waals surface area (Å²) in [4.78, 5) is 0. The number of rotatable bonds is 6. The van der Waals surface area contributed by atoms with E-state index in [4.69, 9.17) is 13.3 Å². The van der Waals surface area contributed by atoms with Crippen molar-refractivity contribution >= 4 is 8.80 Å². The van der Waals surface area contributed by atoms with E-state index in [1.165, 1.54) is 0 Å². The van der Waals surface area contributed by atoms with Crippen molar-refractivity contribution in [2.24, 2.45) is 0 Å². The van der Waals surface area contributed by atoms with Gasteiger partial charge in [-0.15, -0.1) is 0 Å². The SMILES string of the molecule is CCCC(C)[Si](OC)(OC)OC. The molecule has 0 aromatic heterocycles. The molecule has 0 aromatic carbocycles. The van der Waals surface area contributed by atoms with Gasteiger partial charge in [0.2, 0.25) is 0 Å². The van der Waals surface area contributed by atoms with Crippen LogP contribution in [0.5, 0.6) is 0 Å².